The van der Waals surface area contributed by atoms with Gasteiger partial charge in [-0.25, -0.2) is 4.98 Å². The van der Waals surface area contributed by atoms with Crippen molar-refractivity contribution in [3.63, 3.8) is 0 Å². The molecule has 132 valence electrons. The van der Waals surface area contributed by atoms with Crippen molar-refractivity contribution < 1.29 is 14.3 Å². The molecule has 24 heavy (non-hydrogen) atoms. The van der Waals surface area contributed by atoms with E-state index < -0.39 is 0 Å². The molecule has 2 saturated heterocycles. The molecular weight excluding hydrogens is 304 g/mol. The van der Waals surface area contributed by atoms with Gasteiger partial charge in [0.15, 0.2) is 0 Å². The topological polar surface area (TPSA) is 51.7 Å². The number of ether oxygens (including phenoxy) is 2. The minimum Gasteiger partial charge on any atom is -0.478 e. The quantitative estimate of drug-likeness (QED) is 0.770. The van der Waals surface area contributed by atoms with E-state index in [1.165, 1.54) is 0 Å². The second-order valence-electron chi connectivity index (χ2n) is 7.39. The van der Waals surface area contributed by atoms with Gasteiger partial charge in [-0.15, -0.1) is 0 Å². The first kappa shape index (κ1) is 17.2. The van der Waals surface area contributed by atoms with E-state index in [-0.39, 0.29) is 11.5 Å². The maximum atomic E-state index is 12.2. The summed E-state index contributed by atoms with van der Waals surface area (Å²) in [6.45, 7) is 7.25. The minimum absolute atomic E-state index is 0.124. The van der Waals surface area contributed by atoms with E-state index in [0.717, 1.165) is 39.0 Å². The lowest BCUT2D eigenvalue weighted by molar-refractivity contribution is -0.166. The second-order valence-corrected chi connectivity index (χ2v) is 7.39. The molecule has 1 aromatic rings. The van der Waals surface area contributed by atoms with Gasteiger partial charge in [-0.05, 0) is 37.2 Å². The van der Waals surface area contributed by atoms with Gasteiger partial charge < -0.3 is 14.4 Å². The van der Waals surface area contributed by atoms with E-state index >= 15 is 0 Å². The smallest absolute Gasteiger partial charge is 0.222 e. The molecule has 0 bridgehead atoms. The van der Waals surface area contributed by atoms with Crippen LogP contribution < -0.4 is 4.74 Å². The van der Waals surface area contributed by atoms with E-state index in [1.54, 1.807) is 6.20 Å². The Bertz CT molecular complexity index is 541. The highest BCUT2D eigenvalue weighted by atomic mass is 16.5. The Labute approximate surface area is 144 Å². The minimum atomic E-state index is -0.124. The van der Waals surface area contributed by atoms with Crippen LogP contribution in [0.1, 0.15) is 39.5 Å². The van der Waals surface area contributed by atoms with Gasteiger partial charge in [0.2, 0.25) is 11.8 Å². The fraction of sp³-hybridized carbons (Fsp3) is 0.684. The predicted octanol–water partition coefficient (Wildman–Crippen LogP) is 2.90. The van der Waals surface area contributed by atoms with Crippen LogP contribution in [0.25, 0.3) is 0 Å². The summed E-state index contributed by atoms with van der Waals surface area (Å²) < 4.78 is 11.8. The Morgan fingerprint density at radius 1 is 1.46 bits per heavy atom. The summed E-state index contributed by atoms with van der Waals surface area (Å²) >= 11 is 0. The first-order valence-corrected chi connectivity index (χ1v) is 9.05. The van der Waals surface area contributed by atoms with Crippen molar-refractivity contribution in [3.8, 4) is 5.88 Å². The summed E-state index contributed by atoms with van der Waals surface area (Å²) in [5, 5.41) is 0. The third-order valence-corrected chi connectivity index (χ3v) is 5.16. The van der Waals surface area contributed by atoms with Crippen LogP contribution in [0.5, 0.6) is 5.88 Å². The molecule has 2 aliphatic rings. The standard InChI is InChI=1S/C19H28N2O3/c1-15(2)6-7-18(22)21-13-19(14-21)16(9-12-24-19)8-11-23-17-5-3-4-10-20-17/h3-5,10,15-16H,6-9,11-14H2,1-2H3/t16-/m0/s1. The lowest BCUT2D eigenvalue weighted by Gasteiger charge is -2.50. The van der Waals surface area contributed by atoms with E-state index in [0.29, 0.717) is 30.7 Å². The molecule has 1 spiro atoms. The molecule has 1 amide bonds. The average molecular weight is 332 g/mol. The van der Waals surface area contributed by atoms with Crippen molar-refractivity contribution in [2.24, 2.45) is 11.8 Å². The molecule has 0 radical (unpaired) electrons. The van der Waals surface area contributed by atoms with Crippen molar-refractivity contribution in [1.82, 2.24) is 9.88 Å². The number of hydrogen-bond donors (Lipinski definition) is 0. The number of nitrogens with zero attached hydrogens (tertiary/aromatic N) is 2. The molecule has 5 heteroatoms. The Morgan fingerprint density at radius 3 is 3.00 bits per heavy atom. The molecule has 2 fully saturated rings. The van der Waals surface area contributed by atoms with Crippen LogP contribution in [0.2, 0.25) is 0 Å². The normalized spacial score (nSPS) is 22.0. The highest BCUT2D eigenvalue weighted by molar-refractivity contribution is 5.77. The number of aromatic nitrogens is 1. The zero-order valence-corrected chi connectivity index (χ0v) is 14.7. The lowest BCUT2D eigenvalue weighted by Crippen LogP contribution is -2.66. The maximum Gasteiger partial charge on any atom is 0.222 e. The van der Waals surface area contributed by atoms with Crippen LogP contribution in [0.15, 0.2) is 24.4 Å². The van der Waals surface area contributed by atoms with Crippen LogP contribution in [-0.4, -0.2) is 47.7 Å². The average Bonchev–Trinajstić information content (AvgIpc) is 2.96. The molecule has 0 aliphatic carbocycles. The molecule has 1 atom stereocenters. The predicted molar refractivity (Wildman–Crippen MR) is 91.8 cm³/mol. The third-order valence-electron chi connectivity index (χ3n) is 5.16. The molecule has 5 nitrogen and oxygen atoms in total. The van der Waals surface area contributed by atoms with Crippen LogP contribution in [0.4, 0.5) is 0 Å². The van der Waals surface area contributed by atoms with Gasteiger partial charge in [0, 0.05) is 25.3 Å². The molecule has 0 N–H and O–H groups in total. The Kier molecular flexibility index (Phi) is 5.39. The molecular formula is C19H28N2O3. The molecule has 3 rings (SSSR count). The van der Waals surface area contributed by atoms with Gasteiger partial charge in [0.05, 0.1) is 19.7 Å². The van der Waals surface area contributed by atoms with Crippen molar-refractivity contribution in [2.45, 2.75) is 45.1 Å². The number of rotatable bonds is 7. The van der Waals surface area contributed by atoms with E-state index in [9.17, 15) is 4.79 Å². The fourth-order valence-electron chi connectivity index (χ4n) is 3.63. The SMILES string of the molecule is CC(C)CCC(=O)N1CC2(C1)OCC[C@@H]2CCOc1ccccn1. The van der Waals surface area contributed by atoms with E-state index in [2.05, 4.69) is 18.8 Å². The van der Waals surface area contributed by atoms with Crippen molar-refractivity contribution in [3.05, 3.63) is 24.4 Å². The number of hydrogen-bond acceptors (Lipinski definition) is 4. The van der Waals surface area contributed by atoms with Gasteiger partial charge in [-0.1, -0.05) is 19.9 Å². The molecule has 0 aromatic carbocycles. The molecule has 0 unspecified atom stereocenters. The van der Waals surface area contributed by atoms with Crippen LogP contribution >= 0.6 is 0 Å². The monoisotopic (exact) mass is 332 g/mol. The van der Waals surface area contributed by atoms with Gasteiger partial charge >= 0.3 is 0 Å². The zero-order chi connectivity index (χ0) is 17.0. The lowest BCUT2D eigenvalue weighted by atomic mass is 9.79. The fourth-order valence-corrected chi connectivity index (χ4v) is 3.63. The van der Waals surface area contributed by atoms with Gasteiger partial charge in [0.1, 0.15) is 5.60 Å². The van der Waals surface area contributed by atoms with Gasteiger partial charge in [-0.3, -0.25) is 4.79 Å². The van der Waals surface area contributed by atoms with Gasteiger partial charge in [0.25, 0.3) is 0 Å². The van der Waals surface area contributed by atoms with Crippen LogP contribution in [0.3, 0.4) is 0 Å². The maximum absolute atomic E-state index is 12.2. The molecule has 0 saturated carbocycles. The largest absolute Gasteiger partial charge is 0.478 e. The van der Waals surface area contributed by atoms with E-state index in [1.807, 2.05) is 23.1 Å². The second kappa shape index (κ2) is 7.51. The number of likely N-dealkylation sites (tertiary alicyclic amines) is 1. The van der Waals surface area contributed by atoms with E-state index in [4.69, 9.17) is 9.47 Å². The highest BCUT2D eigenvalue weighted by Gasteiger charge is 2.53. The number of carbonyl (C=O) groups excluding carboxylic acids is 1. The Morgan fingerprint density at radius 2 is 2.29 bits per heavy atom. The van der Waals surface area contributed by atoms with Crippen molar-refractivity contribution in [1.29, 1.82) is 0 Å². The summed E-state index contributed by atoms with van der Waals surface area (Å²) in [5.74, 6) is 1.98. The summed E-state index contributed by atoms with van der Waals surface area (Å²) in [6.07, 6.45) is 5.36. The zero-order valence-electron chi connectivity index (χ0n) is 14.7. The summed E-state index contributed by atoms with van der Waals surface area (Å²) in [4.78, 5) is 18.3. The first-order chi connectivity index (χ1) is 11.6. The van der Waals surface area contributed by atoms with Crippen LogP contribution in [0, 0.1) is 11.8 Å². The van der Waals surface area contributed by atoms with Crippen molar-refractivity contribution >= 4 is 5.91 Å². The van der Waals surface area contributed by atoms with Crippen LogP contribution in [-0.2, 0) is 9.53 Å². The number of amides is 1. The first-order valence-electron chi connectivity index (χ1n) is 9.05. The summed E-state index contributed by atoms with van der Waals surface area (Å²) in [7, 11) is 0. The summed E-state index contributed by atoms with van der Waals surface area (Å²) in [5.41, 5.74) is -0.124. The number of carbonyl (C=O) groups is 1. The highest BCUT2D eigenvalue weighted by Crippen LogP contribution is 2.42. The Hall–Kier alpha value is -1.62. The summed E-state index contributed by atoms with van der Waals surface area (Å²) in [6, 6.07) is 5.68. The van der Waals surface area contributed by atoms with Gasteiger partial charge in [-0.2, -0.15) is 0 Å². The third kappa shape index (κ3) is 3.89. The molecule has 3 heterocycles. The Balaban J connectivity index is 1.44. The number of pyridine rings is 1. The molecule has 2 aliphatic heterocycles. The van der Waals surface area contributed by atoms with Crippen molar-refractivity contribution in [2.75, 3.05) is 26.3 Å². The molecule has 1 aromatic heterocycles.